The average Bonchev–Trinajstić information content (AvgIpc) is 3.08. The second-order valence-corrected chi connectivity index (χ2v) is 6.73. The van der Waals surface area contributed by atoms with E-state index < -0.39 is 0 Å². The van der Waals surface area contributed by atoms with E-state index in [9.17, 15) is 0 Å². The van der Waals surface area contributed by atoms with E-state index in [1.807, 2.05) is 37.5 Å². The highest BCUT2D eigenvalue weighted by molar-refractivity contribution is 5.43. The van der Waals surface area contributed by atoms with Crippen molar-refractivity contribution in [2.75, 3.05) is 37.0 Å². The lowest BCUT2D eigenvalue weighted by molar-refractivity contribution is 0.461. The molecule has 1 aliphatic rings. The lowest BCUT2D eigenvalue weighted by Crippen LogP contribution is -2.36. The molecule has 130 valence electrons. The lowest BCUT2D eigenvalue weighted by Gasteiger charge is -2.33. The van der Waals surface area contributed by atoms with Crippen molar-refractivity contribution in [3.8, 4) is 0 Å². The Labute approximate surface area is 144 Å². The molecule has 1 fully saturated rings. The van der Waals surface area contributed by atoms with Crippen LogP contribution in [0.5, 0.6) is 0 Å². The SMILES string of the molecule is CCCCn1ccnc1[C@@H]1CCCN(c2nccc(N(C)C)n2)C1. The highest BCUT2D eigenvalue weighted by Crippen LogP contribution is 2.28. The van der Waals surface area contributed by atoms with Gasteiger partial charge in [-0.3, -0.25) is 0 Å². The van der Waals surface area contributed by atoms with Gasteiger partial charge in [0.25, 0.3) is 0 Å². The fourth-order valence-corrected chi connectivity index (χ4v) is 3.31. The van der Waals surface area contributed by atoms with Crippen molar-refractivity contribution in [1.29, 1.82) is 0 Å². The fraction of sp³-hybridized carbons (Fsp3) is 0.611. The number of piperidine rings is 1. The van der Waals surface area contributed by atoms with Crippen LogP contribution in [0.4, 0.5) is 11.8 Å². The molecule has 3 heterocycles. The molecule has 0 amide bonds. The maximum Gasteiger partial charge on any atom is 0.227 e. The maximum atomic E-state index is 4.70. The molecule has 3 rings (SSSR count). The zero-order valence-electron chi connectivity index (χ0n) is 15.0. The Balaban J connectivity index is 1.75. The van der Waals surface area contributed by atoms with E-state index >= 15 is 0 Å². The van der Waals surface area contributed by atoms with Crippen LogP contribution in [0.15, 0.2) is 24.7 Å². The van der Waals surface area contributed by atoms with Crippen molar-refractivity contribution in [2.24, 2.45) is 0 Å². The zero-order chi connectivity index (χ0) is 16.9. The van der Waals surface area contributed by atoms with Gasteiger partial charge >= 0.3 is 0 Å². The van der Waals surface area contributed by atoms with Crippen molar-refractivity contribution in [1.82, 2.24) is 19.5 Å². The van der Waals surface area contributed by atoms with Crippen LogP contribution in [-0.4, -0.2) is 46.7 Å². The summed E-state index contributed by atoms with van der Waals surface area (Å²) < 4.78 is 2.33. The van der Waals surface area contributed by atoms with Crippen molar-refractivity contribution in [3.05, 3.63) is 30.5 Å². The van der Waals surface area contributed by atoms with E-state index in [0.717, 1.165) is 37.8 Å². The number of unbranched alkanes of at least 4 members (excludes halogenated alkanes) is 1. The first kappa shape index (κ1) is 16.7. The van der Waals surface area contributed by atoms with Gasteiger partial charge in [0.15, 0.2) is 0 Å². The number of imidazole rings is 1. The van der Waals surface area contributed by atoms with E-state index in [1.54, 1.807) is 0 Å². The highest BCUT2D eigenvalue weighted by atomic mass is 15.3. The predicted molar refractivity (Wildman–Crippen MR) is 97.7 cm³/mol. The molecule has 2 aromatic heterocycles. The minimum absolute atomic E-state index is 0.456. The van der Waals surface area contributed by atoms with Crippen LogP contribution >= 0.6 is 0 Å². The minimum atomic E-state index is 0.456. The molecule has 24 heavy (non-hydrogen) atoms. The van der Waals surface area contributed by atoms with Crippen molar-refractivity contribution >= 4 is 11.8 Å². The van der Waals surface area contributed by atoms with E-state index in [2.05, 4.69) is 32.6 Å². The molecule has 0 N–H and O–H groups in total. The van der Waals surface area contributed by atoms with Gasteiger partial charge in [0.1, 0.15) is 11.6 Å². The molecule has 0 radical (unpaired) electrons. The molecule has 0 unspecified atom stereocenters. The monoisotopic (exact) mass is 328 g/mol. The number of nitrogens with zero attached hydrogens (tertiary/aromatic N) is 6. The molecule has 1 saturated heterocycles. The Morgan fingerprint density at radius 1 is 1.25 bits per heavy atom. The van der Waals surface area contributed by atoms with Gasteiger partial charge in [-0.2, -0.15) is 4.98 Å². The molecular formula is C18H28N6. The van der Waals surface area contributed by atoms with Gasteiger partial charge in [0.2, 0.25) is 5.95 Å². The van der Waals surface area contributed by atoms with Gasteiger partial charge in [0.05, 0.1) is 0 Å². The number of anilines is 2. The topological polar surface area (TPSA) is 50.1 Å². The third-order valence-corrected chi connectivity index (χ3v) is 4.66. The third kappa shape index (κ3) is 3.68. The Morgan fingerprint density at radius 3 is 2.92 bits per heavy atom. The highest BCUT2D eigenvalue weighted by Gasteiger charge is 2.26. The van der Waals surface area contributed by atoms with Gasteiger partial charge in [-0.15, -0.1) is 0 Å². The largest absolute Gasteiger partial charge is 0.363 e. The average molecular weight is 328 g/mol. The molecular weight excluding hydrogens is 300 g/mol. The van der Waals surface area contributed by atoms with E-state index in [1.165, 1.54) is 25.1 Å². The van der Waals surface area contributed by atoms with E-state index in [-0.39, 0.29) is 0 Å². The van der Waals surface area contributed by atoms with E-state index in [4.69, 9.17) is 4.98 Å². The Kier molecular flexibility index (Phi) is 5.33. The molecule has 0 saturated carbocycles. The van der Waals surface area contributed by atoms with Gasteiger partial charge in [-0.05, 0) is 25.3 Å². The fourth-order valence-electron chi connectivity index (χ4n) is 3.31. The number of aryl methyl sites for hydroxylation is 1. The summed E-state index contributed by atoms with van der Waals surface area (Å²) in [6.45, 7) is 5.26. The summed E-state index contributed by atoms with van der Waals surface area (Å²) in [6, 6.07) is 1.95. The van der Waals surface area contributed by atoms with Gasteiger partial charge in [-0.25, -0.2) is 9.97 Å². The first-order valence-corrected chi connectivity index (χ1v) is 8.95. The molecule has 0 spiro atoms. The summed E-state index contributed by atoms with van der Waals surface area (Å²) in [5.41, 5.74) is 0. The molecule has 0 aliphatic carbocycles. The van der Waals surface area contributed by atoms with E-state index in [0.29, 0.717) is 5.92 Å². The minimum Gasteiger partial charge on any atom is -0.363 e. The molecule has 0 aromatic carbocycles. The zero-order valence-corrected chi connectivity index (χ0v) is 15.0. The van der Waals surface area contributed by atoms with Crippen molar-refractivity contribution in [3.63, 3.8) is 0 Å². The lowest BCUT2D eigenvalue weighted by atomic mass is 9.97. The summed E-state index contributed by atoms with van der Waals surface area (Å²) >= 11 is 0. The number of rotatable bonds is 6. The summed E-state index contributed by atoms with van der Waals surface area (Å²) in [7, 11) is 4.02. The molecule has 6 heteroatoms. The second kappa shape index (κ2) is 7.64. The van der Waals surface area contributed by atoms with Crippen LogP contribution in [0.3, 0.4) is 0 Å². The Hall–Kier alpha value is -2.11. The Morgan fingerprint density at radius 2 is 2.12 bits per heavy atom. The summed E-state index contributed by atoms with van der Waals surface area (Å²) in [4.78, 5) is 18.2. The normalized spacial score (nSPS) is 18.0. The molecule has 2 aromatic rings. The van der Waals surface area contributed by atoms with Crippen molar-refractivity contribution in [2.45, 2.75) is 45.1 Å². The van der Waals surface area contributed by atoms with Crippen LogP contribution in [0.25, 0.3) is 0 Å². The predicted octanol–water partition coefficient (Wildman–Crippen LogP) is 2.92. The van der Waals surface area contributed by atoms with Gasteiger partial charge < -0.3 is 14.4 Å². The van der Waals surface area contributed by atoms with Crippen molar-refractivity contribution < 1.29 is 0 Å². The first-order chi connectivity index (χ1) is 11.7. The summed E-state index contributed by atoms with van der Waals surface area (Å²) in [5.74, 6) is 3.46. The third-order valence-electron chi connectivity index (χ3n) is 4.66. The van der Waals surface area contributed by atoms with Gasteiger partial charge in [0, 0.05) is 58.2 Å². The standard InChI is InChI=1S/C18H28N6/c1-4-5-11-23-13-10-19-17(23)15-7-6-12-24(14-15)18-20-9-8-16(21-18)22(2)3/h8-10,13,15H,4-7,11-12,14H2,1-3H3/t15-/m1/s1. The van der Waals surface area contributed by atoms with Crippen LogP contribution in [0.1, 0.15) is 44.3 Å². The van der Waals surface area contributed by atoms with Crippen LogP contribution in [0.2, 0.25) is 0 Å². The van der Waals surface area contributed by atoms with Gasteiger partial charge in [-0.1, -0.05) is 13.3 Å². The molecule has 0 bridgehead atoms. The molecule has 6 nitrogen and oxygen atoms in total. The summed E-state index contributed by atoms with van der Waals surface area (Å²) in [6.07, 6.45) is 10.7. The number of hydrogen-bond donors (Lipinski definition) is 0. The number of aromatic nitrogens is 4. The maximum absolute atomic E-state index is 4.70. The smallest absolute Gasteiger partial charge is 0.227 e. The second-order valence-electron chi connectivity index (χ2n) is 6.73. The molecule has 1 atom stereocenters. The van der Waals surface area contributed by atoms with Crippen LogP contribution < -0.4 is 9.80 Å². The molecule has 1 aliphatic heterocycles. The first-order valence-electron chi connectivity index (χ1n) is 8.95. The quantitative estimate of drug-likeness (QED) is 0.816. The van der Waals surface area contributed by atoms with Crippen LogP contribution in [-0.2, 0) is 6.54 Å². The Bertz CT molecular complexity index is 650. The summed E-state index contributed by atoms with van der Waals surface area (Å²) in [5, 5.41) is 0. The van der Waals surface area contributed by atoms with Crippen LogP contribution in [0, 0.1) is 0 Å². The number of hydrogen-bond acceptors (Lipinski definition) is 5.